The molecule has 5 heteroatoms. The lowest BCUT2D eigenvalue weighted by molar-refractivity contribution is 0.242. The number of sulfonamides is 1. The Morgan fingerprint density at radius 3 is 2.57 bits per heavy atom. The van der Waals surface area contributed by atoms with Crippen LogP contribution < -0.4 is 4.72 Å². The van der Waals surface area contributed by atoms with Crippen molar-refractivity contribution in [1.82, 2.24) is 4.72 Å². The molecule has 1 aliphatic rings. The molecule has 0 saturated heterocycles. The monoisotopic (exact) mass is 311 g/mol. The van der Waals surface area contributed by atoms with Crippen LogP contribution in [0.3, 0.4) is 0 Å². The second-order valence-corrected chi connectivity index (χ2v) is 8.63. The Balaban J connectivity index is 1.89. The number of hydrogen-bond donors (Lipinski definition) is 2. The minimum absolute atomic E-state index is 0.129. The first-order valence-corrected chi connectivity index (χ1v) is 9.05. The van der Waals surface area contributed by atoms with E-state index in [0.29, 0.717) is 19.4 Å². The smallest absolute Gasteiger partial charge is 0.215 e. The van der Waals surface area contributed by atoms with Crippen LogP contribution in [-0.4, -0.2) is 31.9 Å². The maximum Gasteiger partial charge on any atom is 0.215 e. The maximum atomic E-state index is 12.3. The number of aliphatic hydroxyl groups is 1. The zero-order chi connectivity index (χ0) is 15.5. The molecule has 1 aromatic carbocycles. The average molecular weight is 311 g/mol. The lowest BCUT2D eigenvalue weighted by Gasteiger charge is -2.24. The highest BCUT2D eigenvalue weighted by atomic mass is 32.2. The molecule has 21 heavy (non-hydrogen) atoms. The van der Waals surface area contributed by atoms with Gasteiger partial charge in [0.05, 0.1) is 5.25 Å². The van der Waals surface area contributed by atoms with E-state index in [-0.39, 0.29) is 23.2 Å². The van der Waals surface area contributed by atoms with Crippen LogP contribution in [0.25, 0.3) is 0 Å². The number of hydrogen-bond acceptors (Lipinski definition) is 3. The second kappa shape index (κ2) is 6.46. The summed E-state index contributed by atoms with van der Waals surface area (Å²) in [6, 6.07) is 9.82. The highest BCUT2D eigenvalue weighted by Gasteiger charge is 2.48. The third-order valence-electron chi connectivity index (χ3n) is 4.12. The summed E-state index contributed by atoms with van der Waals surface area (Å²) in [5.41, 5.74) is 0.972. The van der Waals surface area contributed by atoms with E-state index in [1.807, 2.05) is 44.2 Å². The molecule has 0 aliphatic heterocycles. The van der Waals surface area contributed by atoms with E-state index in [1.54, 1.807) is 0 Å². The van der Waals surface area contributed by atoms with Crippen molar-refractivity contribution in [3.63, 3.8) is 0 Å². The number of benzene rings is 1. The molecule has 4 nitrogen and oxygen atoms in total. The Kier molecular flexibility index (Phi) is 5.07. The summed E-state index contributed by atoms with van der Waals surface area (Å²) >= 11 is 0. The van der Waals surface area contributed by atoms with Gasteiger partial charge in [0.25, 0.3) is 0 Å². The normalized spacial score (nSPS) is 22.2. The van der Waals surface area contributed by atoms with E-state index in [1.165, 1.54) is 0 Å². The topological polar surface area (TPSA) is 66.4 Å². The number of aliphatic hydroxyl groups excluding tert-OH is 1. The SMILES string of the molecule is CC(C)(CCCO)CNS(=O)(=O)C1CC1c1ccccc1. The quantitative estimate of drug-likeness (QED) is 0.774. The van der Waals surface area contributed by atoms with E-state index in [9.17, 15) is 8.42 Å². The minimum atomic E-state index is -3.26. The summed E-state index contributed by atoms with van der Waals surface area (Å²) in [4.78, 5) is 0. The fourth-order valence-electron chi connectivity index (χ4n) is 2.61. The molecule has 0 aromatic heterocycles. The van der Waals surface area contributed by atoms with Crippen LogP contribution in [0.2, 0.25) is 0 Å². The van der Waals surface area contributed by atoms with Gasteiger partial charge in [0.2, 0.25) is 10.0 Å². The van der Waals surface area contributed by atoms with Gasteiger partial charge in [0.1, 0.15) is 0 Å². The lowest BCUT2D eigenvalue weighted by Crippen LogP contribution is -2.36. The Hall–Kier alpha value is -0.910. The van der Waals surface area contributed by atoms with Gasteiger partial charge in [-0.25, -0.2) is 13.1 Å². The Morgan fingerprint density at radius 1 is 1.29 bits per heavy atom. The van der Waals surface area contributed by atoms with Crippen molar-refractivity contribution < 1.29 is 13.5 Å². The minimum Gasteiger partial charge on any atom is -0.396 e. The van der Waals surface area contributed by atoms with Gasteiger partial charge in [-0.2, -0.15) is 0 Å². The van der Waals surface area contributed by atoms with Crippen LogP contribution >= 0.6 is 0 Å². The van der Waals surface area contributed by atoms with E-state index in [0.717, 1.165) is 12.0 Å². The largest absolute Gasteiger partial charge is 0.396 e. The molecular weight excluding hydrogens is 286 g/mol. The number of nitrogens with one attached hydrogen (secondary N) is 1. The standard InChI is InChI=1S/C16H25NO3S/c1-16(2,9-6-10-18)12-17-21(19,20)15-11-14(15)13-7-4-3-5-8-13/h3-5,7-8,14-15,17-18H,6,9-12H2,1-2H3. The van der Waals surface area contributed by atoms with Crippen LogP contribution in [0.15, 0.2) is 30.3 Å². The van der Waals surface area contributed by atoms with Gasteiger partial charge in [-0.3, -0.25) is 0 Å². The summed E-state index contributed by atoms with van der Waals surface area (Å²) in [5.74, 6) is 0.129. The van der Waals surface area contributed by atoms with Crippen LogP contribution in [0.4, 0.5) is 0 Å². The van der Waals surface area contributed by atoms with E-state index < -0.39 is 10.0 Å². The highest BCUT2D eigenvalue weighted by Crippen LogP contribution is 2.45. The molecule has 1 fully saturated rings. The Labute approximate surface area is 127 Å². The third-order valence-corrected chi connectivity index (χ3v) is 5.99. The van der Waals surface area contributed by atoms with E-state index >= 15 is 0 Å². The Bertz CT molecular complexity index is 554. The molecule has 2 rings (SSSR count). The summed E-state index contributed by atoms with van der Waals surface area (Å²) in [5, 5.41) is 8.58. The molecule has 1 aliphatic carbocycles. The molecule has 0 spiro atoms. The molecule has 118 valence electrons. The number of rotatable bonds is 8. The van der Waals surface area contributed by atoms with E-state index in [2.05, 4.69) is 4.72 Å². The zero-order valence-corrected chi connectivity index (χ0v) is 13.6. The van der Waals surface area contributed by atoms with Crippen molar-refractivity contribution >= 4 is 10.0 Å². The third kappa shape index (κ3) is 4.53. The first-order chi connectivity index (χ1) is 9.86. The summed E-state index contributed by atoms with van der Waals surface area (Å²) in [7, 11) is -3.26. The molecule has 2 unspecified atom stereocenters. The molecule has 0 amide bonds. The summed E-state index contributed by atoms with van der Waals surface area (Å²) < 4.78 is 27.4. The van der Waals surface area contributed by atoms with Gasteiger partial charge >= 0.3 is 0 Å². The van der Waals surface area contributed by atoms with Gasteiger partial charge in [-0.1, -0.05) is 44.2 Å². The van der Waals surface area contributed by atoms with Crippen LogP contribution in [-0.2, 0) is 10.0 Å². The summed E-state index contributed by atoms with van der Waals surface area (Å²) in [6.45, 7) is 4.61. The van der Waals surface area contributed by atoms with Crippen LogP contribution in [0.5, 0.6) is 0 Å². The average Bonchev–Trinajstić information content (AvgIpc) is 3.26. The van der Waals surface area contributed by atoms with Crippen molar-refractivity contribution in [2.45, 2.75) is 44.3 Å². The van der Waals surface area contributed by atoms with Crippen LogP contribution in [0, 0.1) is 5.41 Å². The van der Waals surface area contributed by atoms with Gasteiger partial charge < -0.3 is 5.11 Å². The second-order valence-electron chi connectivity index (χ2n) is 6.65. The highest BCUT2D eigenvalue weighted by molar-refractivity contribution is 7.90. The van der Waals surface area contributed by atoms with Crippen LogP contribution in [0.1, 0.15) is 44.6 Å². The fraction of sp³-hybridized carbons (Fsp3) is 0.625. The predicted molar refractivity (Wildman–Crippen MR) is 84.6 cm³/mol. The molecule has 2 N–H and O–H groups in total. The first-order valence-electron chi connectivity index (χ1n) is 7.50. The maximum absolute atomic E-state index is 12.3. The summed E-state index contributed by atoms with van der Waals surface area (Å²) in [6.07, 6.45) is 2.21. The van der Waals surface area contributed by atoms with Crippen molar-refractivity contribution in [1.29, 1.82) is 0 Å². The first kappa shape index (κ1) is 16.5. The zero-order valence-electron chi connectivity index (χ0n) is 12.7. The lowest BCUT2D eigenvalue weighted by atomic mass is 9.88. The predicted octanol–water partition coefficient (Wildman–Crippen LogP) is 2.26. The molecule has 0 radical (unpaired) electrons. The molecule has 1 aromatic rings. The van der Waals surface area contributed by atoms with E-state index in [4.69, 9.17) is 5.11 Å². The van der Waals surface area contributed by atoms with Gasteiger partial charge in [-0.05, 0) is 30.2 Å². The molecular formula is C16H25NO3S. The van der Waals surface area contributed by atoms with Crippen molar-refractivity contribution in [2.24, 2.45) is 5.41 Å². The van der Waals surface area contributed by atoms with Crippen molar-refractivity contribution in [3.8, 4) is 0 Å². The Morgan fingerprint density at radius 2 is 1.95 bits per heavy atom. The van der Waals surface area contributed by atoms with Gasteiger partial charge in [0, 0.05) is 19.1 Å². The molecule has 1 saturated carbocycles. The van der Waals surface area contributed by atoms with Crippen molar-refractivity contribution in [3.05, 3.63) is 35.9 Å². The molecule has 0 bridgehead atoms. The molecule has 0 heterocycles. The molecule has 2 atom stereocenters. The van der Waals surface area contributed by atoms with Gasteiger partial charge in [0.15, 0.2) is 0 Å². The van der Waals surface area contributed by atoms with Gasteiger partial charge in [-0.15, -0.1) is 0 Å². The van der Waals surface area contributed by atoms with Crippen molar-refractivity contribution in [2.75, 3.05) is 13.2 Å². The fourth-order valence-corrected chi connectivity index (χ4v) is 4.47.